The maximum absolute atomic E-state index is 12.8. The van der Waals surface area contributed by atoms with Crippen LogP contribution in [-0.4, -0.2) is 39.0 Å². The fourth-order valence-electron chi connectivity index (χ4n) is 2.84. The van der Waals surface area contributed by atoms with Crippen molar-refractivity contribution in [3.63, 3.8) is 0 Å². The molecule has 1 aromatic carbocycles. The van der Waals surface area contributed by atoms with E-state index in [4.69, 9.17) is 10.5 Å². The molecule has 112 valence electrons. The topological polar surface area (TPSA) is 72.6 Å². The molecule has 0 saturated carbocycles. The van der Waals surface area contributed by atoms with Crippen LogP contribution < -0.4 is 5.73 Å². The number of rotatable bonds is 3. The summed E-state index contributed by atoms with van der Waals surface area (Å²) in [5, 5.41) is 0. The predicted molar refractivity (Wildman–Crippen MR) is 79.1 cm³/mol. The summed E-state index contributed by atoms with van der Waals surface area (Å²) in [6.45, 7) is 4.54. The van der Waals surface area contributed by atoms with Gasteiger partial charge in [0.2, 0.25) is 10.0 Å². The average molecular weight is 298 g/mol. The Morgan fingerprint density at radius 1 is 1.30 bits per heavy atom. The van der Waals surface area contributed by atoms with Gasteiger partial charge in [0.1, 0.15) is 0 Å². The van der Waals surface area contributed by atoms with Crippen LogP contribution in [0.15, 0.2) is 17.0 Å². The molecule has 1 heterocycles. The van der Waals surface area contributed by atoms with Gasteiger partial charge in [-0.25, -0.2) is 8.42 Å². The zero-order chi connectivity index (χ0) is 14.9. The average Bonchev–Trinajstić information content (AvgIpc) is 2.37. The van der Waals surface area contributed by atoms with Gasteiger partial charge < -0.3 is 10.5 Å². The van der Waals surface area contributed by atoms with Crippen LogP contribution >= 0.6 is 0 Å². The summed E-state index contributed by atoms with van der Waals surface area (Å²) in [6, 6.07) is 3.41. The minimum absolute atomic E-state index is 0.0204. The molecule has 0 bridgehead atoms. The highest BCUT2D eigenvalue weighted by Gasteiger charge is 2.32. The number of piperidine rings is 1. The second-order valence-corrected chi connectivity index (χ2v) is 7.22. The van der Waals surface area contributed by atoms with Crippen molar-refractivity contribution in [2.24, 2.45) is 0 Å². The molecule has 1 unspecified atom stereocenters. The van der Waals surface area contributed by atoms with Crippen LogP contribution in [0.5, 0.6) is 0 Å². The first-order valence-electron chi connectivity index (χ1n) is 6.76. The fourth-order valence-corrected chi connectivity index (χ4v) is 4.76. The van der Waals surface area contributed by atoms with Crippen LogP contribution in [0.25, 0.3) is 0 Å². The Morgan fingerprint density at radius 3 is 2.45 bits per heavy atom. The number of nitrogens with zero attached hydrogens (tertiary/aromatic N) is 1. The number of sulfonamides is 1. The van der Waals surface area contributed by atoms with Crippen molar-refractivity contribution in [1.29, 1.82) is 0 Å². The molecule has 0 aromatic heterocycles. The van der Waals surface area contributed by atoms with E-state index < -0.39 is 10.0 Å². The molecular formula is C14H22N2O3S. The maximum Gasteiger partial charge on any atom is 0.243 e. The number of methoxy groups -OCH3 is 1. The second kappa shape index (κ2) is 5.71. The van der Waals surface area contributed by atoms with Crippen molar-refractivity contribution in [3.05, 3.63) is 23.3 Å². The van der Waals surface area contributed by atoms with E-state index in [0.717, 1.165) is 12.8 Å². The molecule has 1 aliphatic heterocycles. The molecule has 2 rings (SSSR count). The van der Waals surface area contributed by atoms with Crippen LogP contribution in [0.3, 0.4) is 0 Å². The summed E-state index contributed by atoms with van der Waals surface area (Å²) >= 11 is 0. The molecule has 0 radical (unpaired) electrons. The molecule has 2 N–H and O–H groups in total. The summed E-state index contributed by atoms with van der Waals surface area (Å²) in [4.78, 5) is 0.378. The number of ether oxygens (including phenoxy) is 1. The molecule has 0 spiro atoms. The van der Waals surface area contributed by atoms with Crippen LogP contribution in [0.1, 0.15) is 24.0 Å². The summed E-state index contributed by atoms with van der Waals surface area (Å²) in [5.74, 6) is 0. The van der Waals surface area contributed by atoms with E-state index in [0.29, 0.717) is 34.8 Å². The zero-order valence-corrected chi connectivity index (χ0v) is 13.0. The Kier molecular flexibility index (Phi) is 4.36. The Balaban J connectivity index is 2.40. The third-order valence-electron chi connectivity index (χ3n) is 3.75. The van der Waals surface area contributed by atoms with Gasteiger partial charge in [0, 0.05) is 25.9 Å². The normalized spacial score (nSPS) is 21.1. The standard InChI is InChI=1S/C14H22N2O3S/c1-10-7-12(15)8-11(2)14(10)20(17,18)16-6-4-5-13(9-16)19-3/h7-8,13H,4-6,9,15H2,1-3H3. The third kappa shape index (κ3) is 2.82. The third-order valence-corrected chi connectivity index (χ3v) is 5.93. The number of nitrogen functional groups attached to an aromatic ring is 1. The Bertz CT molecular complexity index is 575. The van der Waals surface area contributed by atoms with Crippen LogP contribution in [0.2, 0.25) is 0 Å². The van der Waals surface area contributed by atoms with E-state index in [1.807, 2.05) is 0 Å². The molecule has 6 heteroatoms. The lowest BCUT2D eigenvalue weighted by Gasteiger charge is -2.31. The first-order chi connectivity index (χ1) is 9.36. The van der Waals surface area contributed by atoms with Gasteiger partial charge in [-0.05, 0) is 49.9 Å². The summed E-state index contributed by atoms with van der Waals surface area (Å²) in [5.41, 5.74) is 7.75. The molecular weight excluding hydrogens is 276 g/mol. The number of benzene rings is 1. The van der Waals surface area contributed by atoms with Gasteiger partial charge in [-0.1, -0.05) is 0 Å². The summed E-state index contributed by atoms with van der Waals surface area (Å²) < 4.78 is 32.5. The molecule has 0 aliphatic carbocycles. The van der Waals surface area contributed by atoms with Crippen molar-refractivity contribution >= 4 is 15.7 Å². The van der Waals surface area contributed by atoms with Gasteiger partial charge in [-0.2, -0.15) is 4.31 Å². The molecule has 5 nitrogen and oxygen atoms in total. The molecule has 1 fully saturated rings. The van der Waals surface area contributed by atoms with Gasteiger partial charge in [0.15, 0.2) is 0 Å². The van der Waals surface area contributed by atoms with Crippen molar-refractivity contribution in [3.8, 4) is 0 Å². The first kappa shape index (κ1) is 15.3. The Morgan fingerprint density at radius 2 is 1.90 bits per heavy atom. The van der Waals surface area contributed by atoms with Crippen LogP contribution in [0, 0.1) is 13.8 Å². The van der Waals surface area contributed by atoms with E-state index in [9.17, 15) is 8.42 Å². The number of hydrogen-bond donors (Lipinski definition) is 1. The molecule has 1 atom stereocenters. The van der Waals surface area contributed by atoms with E-state index >= 15 is 0 Å². The van der Waals surface area contributed by atoms with Gasteiger partial charge in [-0.3, -0.25) is 0 Å². The monoisotopic (exact) mass is 298 g/mol. The Labute approximate surface area is 120 Å². The summed E-state index contributed by atoms with van der Waals surface area (Å²) in [7, 11) is -1.86. The number of nitrogens with two attached hydrogens (primary N) is 1. The van der Waals surface area contributed by atoms with Crippen molar-refractivity contribution in [2.75, 3.05) is 25.9 Å². The maximum atomic E-state index is 12.8. The minimum atomic E-state index is -3.49. The lowest BCUT2D eigenvalue weighted by atomic mass is 10.1. The van der Waals surface area contributed by atoms with Crippen molar-refractivity contribution in [2.45, 2.75) is 37.7 Å². The van der Waals surface area contributed by atoms with Gasteiger partial charge in [-0.15, -0.1) is 0 Å². The highest BCUT2D eigenvalue weighted by atomic mass is 32.2. The highest BCUT2D eigenvalue weighted by molar-refractivity contribution is 7.89. The summed E-state index contributed by atoms with van der Waals surface area (Å²) in [6.07, 6.45) is 1.71. The quantitative estimate of drug-likeness (QED) is 0.862. The molecule has 1 aromatic rings. The molecule has 1 aliphatic rings. The van der Waals surface area contributed by atoms with Crippen molar-refractivity contribution in [1.82, 2.24) is 4.31 Å². The molecule has 0 amide bonds. The van der Waals surface area contributed by atoms with Gasteiger partial charge in [0.05, 0.1) is 11.0 Å². The predicted octanol–water partition coefficient (Wildman–Crippen LogP) is 1.69. The number of anilines is 1. The van der Waals surface area contributed by atoms with E-state index in [2.05, 4.69) is 0 Å². The van der Waals surface area contributed by atoms with E-state index in [1.54, 1.807) is 33.1 Å². The van der Waals surface area contributed by atoms with Gasteiger partial charge >= 0.3 is 0 Å². The first-order valence-corrected chi connectivity index (χ1v) is 8.20. The van der Waals surface area contributed by atoms with Crippen LogP contribution in [-0.2, 0) is 14.8 Å². The molecule has 1 saturated heterocycles. The SMILES string of the molecule is COC1CCCN(S(=O)(=O)c2c(C)cc(N)cc2C)C1. The van der Waals surface area contributed by atoms with E-state index in [-0.39, 0.29) is 6.10 Å². The van der Waals surface area contributed by atoms with E-state index in [1.165, 1.54) is 4.31 Å². The zero-order valence-electron chi connectivity index (χ0n) is 12.2. The Hall–Kier alpha value is -1.11. The highest BCUT2D eigenvalue weighted by Crippen LogP contribution is 2.28. The number of aryl methyl sites for hydroxylation is 2. The molecule has 20 heavy (non-hydrogen) atoms. The minimum Gasteiger partial charge on any atom is -0.399 e. The lowest BCUT2D eigenvalue weighted by molar-refractivity contribution is 0.0571. The smallest absolute Gasteiger partial charge is 0.243 e. The fraction of sp³-hybridized carbons (Fsp3) is 0.571. The lowest BCUT2D eigenvalue weighted by Crippen LogP contribution is -2.43. The van der Waals surface area contributed by atoms with Crippen molar-refractivity contribution < 1.29 is 13.2 Å². The second-order valence-electron chi connectivity index (χ2n) is 5.35. The van der Waals surface area contributed by atoms with Gasteiger partial charge in [0.25, 0.3) is 0 Å². The number of hydrogen-bond acceptors (Lipinski definition) is 4. The van der Waals surface area contributed by atoms with Crippen LogP contribution in [0.4, 0.5) is 5.69 Å². The largest absolute Gasteiger partial charge is 0.399 e.